The van der Waals surface area contributed by atoms with Gasteiger partial charge >= 0.3 is 0 Å². The molecule has 23 heavy (non-hydrogen) atoms. The highest BCUT2D eigenvalue weighted by Crippen LogP contribution is 2.36. The summed E-state index contributed by atoms with van der Waals surface area (Å²) in [6.45, 7) is 0. The largest absolute Gasteiger partial charge is 0.346 e. The van der Waals surface area contributed by atoms with Gasteiger partial charge in [0.25, 0.3) is 0 Å². The molecule has 0 aromatic carbocycles. The maximum absolute atomic E-state index is 9.28. The molecule has 6 nitrogen and oxygen atoms in total. The number of fused-ring (bicyclic) bond motifs is 1. The third-order valence-corrected chi connectivity index (χ3v) is 4.06. The molecule has 116 valence electrons. The van der Waals surface area contributed by atoms with E-state index in [-0.39, 0.29) is 19.3 Å². The number of H-pyrrole nitrogens is 1. The Balaban J connectivity index is 1.73. The predicted octanol–water partition coefficient (Wildman–Crippen LogP) is 3.47. The molecule has 1 saturated carbocycles. The maximum atomic E-state index is 9.28. The van der Waals surface area contributed by atoms with Gasteiger partial charge in [-0.05, 0) is 24.8 Å². The summed E-state index contributed by atoms with van der Waals surface area (Å²) in [6.07, 6.45) is 1.51. The van der Waals surface area contributed by atoms with E-state index in [0.717, 1.165) is 5.39 Å². The fourth-order valence-corrected chi connectivity index (χ4v) is 2.89. The number of hydrogen-bond donors (Lipinski definition) is 1. The molecule has 1 aliphatic rings. The molecule has 3 heterocycles. The zero-order chi connectivity index (χ0) is 20.2. The highest BCUT2D eigenvalue weighted by atomic mass is 15.3. The lowest BCUT2D eigenvalue weighted by atomic mass is 9.96. The van der Waals surface area contributed by atoms with Crippen LogP contribution in [0.1, 0.15) is 44.9 Å². The van der Waals surface area contributed by atoms with Gasteiger partial charge in [0.15, 0.2) is 0 Å². The van der Waals surface area contributed by atoms with Gasteiger partial charge in [0, 0.05) is 30.2 Å². The van der Waals surface area contributed by atoms with E-state index < -0.39 is 24.7 Å². The lowest BCUT2D eigenvalue weighted by molar-refractivity contribution is 0.315. The Labute approximate surface area is 141 Å². The van der Waals surface area contributed by atoms with E-state index in [0.29, 0.717) is 16.9 Å². The number of hydrogen-bond acceptors (Lipinski definition) is 4. The quantitative estimate of drug-likeness (QED) is 0.799. The number of aromatic nitrogens is 5. The minimum atomic E-state index is -2.14. The molecule has 6 heteroatoms. The van der Waals surface area contributed by atoms with Crippen molar-refractivity contribution in [1.29, 1.82) is 5.26 Å². The summed E-state index contributed by atoms with van der Waals surface area (Å²) >= 11 is 0. The molecule has 0 bridgehead atoms. The van der Waals surface area contributed by atoms with Crippen LogP contribution in [0.5, 0.6) is 0 Å². The molecule has 1 N–H and O–H groups in total. The minimum Gasteiger partial charge on any atom is -0.346 e. The minimum absolute atomic E-state index is 0.0693. The van der Waals surface area contributed by atoms with Crippen molar-refractivity contribution in [2.45, 2.75) is 38.1 Å². The Morgan fingerprint density at radius 1 is 1.48 bits per heavy atom. The van der Waals surface area contributed by atoms with Crippen molar-refractivity contribution in [2.75, 3.05) is 0 Å². The third-order valence-electron chi connectivity index (χ3n) is 4.06. The van der Waals surface area contributed by atoms with Gasteiger partial charge < -0.3 is 4.98 Å². The highest BCUT2D eigenvalue weighted by Gasteiger charge is 2.27. The van der Waals surface area contributed by atoms with Gasteiger partial charge in [-0.2, -0.15) is 10.4 Å². The van der Waals surface area contributed by atoms with Crippen molar-refractivity contribution in [3.63, 3.8) is 0 Å². The monoisotopic (exact) mass is 311 g/mol. The van der Waals surface area contributed by atoms with Crippen LogP contribution in [0.25, 0.3) is 22.3 Å². The van der Waals surface area contributed by atoms with E-state index >= 15 is 0 Å². The van der Waals surface area contributed by atoms with E-state index in [4.69, 9.17) is 6.85 Å². The van der Waals surface area contributed by atoms with Crippen LogP contribution in [0.3, 0.4) is 0 Å². The van der Waals surface area contributed by atoms with Gasteiger partial charge in [-0.25, -0.2) is 9.97 Å². The van der Waals surface area contributed by atoms with E-state index in [2.05, 4.69) is 20.1 Å². The molecule has 1 atom stereocenters. The predicted molar refractivity (Wildman–Crippen MR) is 86.3 cm³/mol. The van der Waals surface area contributed by atoms with Gasteiger partial charge in [0.2, 0.25) is 0 Å². The van der Waals surface area contributed by atoms with Crippen molar-refractivity contribution in [2.24, 2.45) is 5.89 Å². The second-order valence-corrected chi connectivity index (χ2v) is 5.41. The van der Waals surface area contributed by atoms with Gasteiger partial charge in [-0.3, -0.25) is 4.68 Å². The van der Waals surface area contributed by atoms with E-state index in [1.165, 1.54) is 11.0 Å². The van der Waals surface area contributed by atoms with E-state index in [1.807, 2.05) is 12.1 Å². The average molecular weight is 311 g/mol. The molecular weight excluding hydrogens is 288 g/mol. The summed E-state index contributed by atoms with van der Waals surface area (Å²) in [5, 5.41) is 14.4. The molecule has 0 spiro atoms. The van der Waals surface area contributed by atoms with Gasteiger partial charge in [-0.15, -0.1) is 0 Å². The van der Waals surface area contributed by atoms with Crippen molar-refractivity contribution < 1.29 is 6.85 Å². The normalized spacial score (nSPS) is 25.6. The van der Waals surface area contributed by atoms with Crippen molar-refractivity contribution in [3.05, 3.63) is 31.0 Å². The SMILES string of the molecule is [2H]C1([C@@H](CC#N)n2cc(-c3ncnc4[nH]ccc34)cn2)CC([2H])([2H])C([2H])([2H])C1. The molecule has 0 unspecified atom stereocenters. The van der Waals surface area contributed by atoms with Crippen LogP contribution >= 0.6 is 0 Å². The van der Waals surface area contributed by atoms with Crippen LogP contribution in [-0.4, -0.2) is 24.7 Å². The summed E-state index contributed by atoms with van der Waals surface area (Å²) in [4.78, 5) is 11.5. The summed E-state index contributed by atoms with van der Waals surface area (Å²) in [5.41, 5.74) is 2.02. The van der Waals surface area contributed by atoms with Crippen LogP contribution < -0.4 is 0 Å². The fourth-order valence-electron chi connectivity index (χ4n) is 2.89. The molecule has 4 rings (SSSR count). The Hall–Kier alpha value is -2.68. The van der Waals surface area contributed by atoms with Gasteiger partial charge in [0.1, 0.15) is 12.0 Å². The van der Waals surface area contributed by atoms with E-state index in [9.17, 15) is 5.26 Å². The topological polar surface area (TPSA) is 83.2 Å². The first-order valence-electron chi connectivity index (χ1n) is 9.86. The Kier molecular flexibility index (Phi) is 2.40. The lowest BCUT2D eigenvalue weighted by Gasteiger charge is -2.21. The zero-order valence-corrected chi connectivity index (χ0v) is 12.3. The summed E-state index contributed by atoms with van der Waals surface area (Å²) < 4.78 is 42.2. The first kappa shape index (κ1) is 9.46. The Morgan fingerprint density at radius 2 is 2.35 bits per heavy atom. The van der Waals surface area contributed by atoms with Crippen molar-refractivity contribution >= 4 is 11.0 Å². The zero-order valence-electron chi connectivity index (χ0n) is 17.3. The Bertz CT molecular complexity index is 1050. The molecule has 1 aliphatic carbocycles. The molecule has 0 amide bonds. The second-order valence-electron chi connectivity index (χ2n) is 5.41. The third kappa shape index (κ3) is 2.48. The number of rotatable bonds is 4. The Morgan fingerprint density at radius 3 is 3.17 bits per heavy atom. The van der Waals surface area contributed by atoms with Gasteiger partial charge in [-0.1, -0.05) is 12.7 Å². The molecule has 3 aromatic rings. The molecule has 0 saturated heterocycles. The smallest absolute Gasteiger partial charge is 0.141 e. The lowest BCUT2D eigenvalue weighted by Crippen LogP contribution is -2.17. The van der Waals surface area contributed by atoms with Crippen LogP contribution in [0.4, 0.5) is 0 Å². The van der Waals surface area contributed by atoms with Crippen molar-refractivity contribution in [1.82, 2.24) is 24.7 Å². The molecule has 3 aromatic heterocycles. The average Bonchev–Trinajstić information content (AvgIpc) is 3.30. The van der Waals surface area contributed by atoms with Gasteiger partial charge in [0.05, 0.1) is 30.4 Å². The standard InChI is InChI=1S/C17H18N6/c18-7-5-15(12-3-1-2-4-12)23-10-13(9-22-23)16-14-6-8-19-17(14)21-11-20-16/h6,8-12,15H,1-5H2,(H,19,20,21)/t15-/m1/s1/i1D2,2D2,12D. The van der Waals surface area contributed by atoms with Crippen LogP contribution in [0.2, 0.25) is 0 Å². The fraction of sp³-hybridized carbons (Fsp3) is 0.412. The number of aromatic amines is 1. The molecule has 0 aliphatic heterocycles. The summed E-state index contributed by atoms with van der Waals surface area (Å²) in [5.74, 6) is -1.49. The first-order valence-corrected chi connectivity index (χ1v) is 7.36. The number of nitrogens with zero attached hydrogens (tertiary/aromatic N) is 5. The molecule has 0 radical (unpaired) electrons. The van der Waals surface area contributed by atoms with Crippen LogP contribution in [-0.2, 0) is 0 Å². The highest BCUT2D eigenvalue weighted by molar-refractivity contribution is 5.89. The maximum Gasteiger partial charge on any atom is 0.141 e. The van der Waals surface area contributed by atoms with Crippen LogP contribution in [0, 0.1) is 17.2 Å². The van der Waals surface area contributed by atoms with Crippen LogP contribution in [0.15, 0.2) is 31.0 Å². The summed E-state index contributed by atoms with van der Waals surface area (Å²) in [6, 6.07) is 3.11. The van der Waals surface area contributed by atoms with Crippen molar-refractivity contribution in [3.8, 4) is 17.3 Å². The second kappa shape index (κ2) is 5.84. The summed E-state index contributed by atoms with van der Waals surface area (Å²) in [7, 11) is 0. The molecular formula is C17H18N6. The molecule has 1 fully saturated rings. The number of nitriles is 1. The first-order chi connectivity index (χ1) is 13.2. The number of nitrogens with one attached hydrogen (secondary N) is 1. The van der Waals surface area contributed by atoms with E-state index in [1.54, 1.807) is 18.6 Å².